The van der Waals surface area contributed by atoms with Crippen LogP contribution in [-0.4, -0.2) is 28.6 Å². The van der Waals surface area contributed by atoms with Crippen molar-refractivity contribution in [1.29, 1.82) is 0 Å². The van der Waals surface area contributed by atoms with Crippen LogP contribution in [0.3, 0.4) is 0 Å². The molecule has 1 aliphatic rings. The Hall–Kier alpha value is -0.163. The van der Waals surface area contributed by atoms with Crippen LogP contribution in [0.15, 0.2) is 12.7 Å². The first-order chi connectivity index (χ1) is 9.66. The van der Waals surface area contributed by atoms with Crippen LogP contribution in [-0.2, 0) is 13.3 Å². The second-order valence-corrected chi connectivity index (χ2v) is 8.34. The molecule has 20 heavy (non-hydrogen) atoms. The van der Waals surface area contributed by atoms with Crippen molar-refractivity contribution in [1.82, 2.24) is 0 Å². The molecule has 0 aromatic heterocycles. The van der Waals surface area contributed by atoms with Gasteiger partial charge in [0.2, 0.25) is 0 Å². The summed E-state index contributed by atoms with van der Waals surface area (Å²) in [6.07, 6.45) is 9.77. The fourth-order valence-electron chi connectivity index (χ4n) is 3.22. The molecule has 1 saturated carbocycles. The summed E-state index contributed by atoms with van der Waals surface area (Å²) in [6.45, 7) is 12.1. The maximum atomic E-state index is 5.95. The van der Waals surface area contributed by atoms with Gasteiger partial charge in [-0.05, 0) is 45.4 Å². The van der Waals surface area contributed by atoms with Crippen molar-refractivity contribution in [3.05, 3.63) is 12.7 Å². The van der Waals surface area contributed by atoms with E-state index in [-0.39, 0.29) is 5.41 Å². The molecule has 118 valence electrons. The van der Waals surface area contributed by atoms with E-state index >= 15 is 0 Å². The molecule has 0 aromatic carbocycles. The molecule has 0 heterocycles. The summed E-state index contributed by atoms with van der Waals surface area (Å²) in [5, 5.41) is 0. The summed E-state index contributed by atoms with van der Waals surface area (Å²) in [6, 6.07) is 0.911. The van der Waals surface area contributed by atoms with Gasteiger partial charge in [-0.1, -0.05) is 25.3 Å². The Kier molecular flexibility index (Phi) is 8.03. The number of allylic oxidation sites excluding steroid dienone is 1. The van der Waals surface area contributed by atoms with Crippen LogP contribution in [0, 0.1) is 5.41 Å². The lowest BCUT2D eigenvalue weighted by Crippen LogP contribution is -2.47. The lowest BCUT2D eigenvalue weighted by Gasteiger charge is -2.37. The molecule has 0 radical (unpaired) electrons. The van der Waals surface area contributed by atoms with Gasteiger partial charge in [-0.15, -0.1) is 6.58 Å². The Balaban J connectivity index is 2.69. The molecule has 0 spiro atoms. The summed E-state index contributed by atoms with van der Waals surface area (Å²) >= 11 is 0. The summed E-state index contributed by atoms with van der Waals surface area (Å²) in [5.41, 5.74) is 0.280. The average Bonchev–Trinajstić information content (AvgIpc) is 2.47. The highest BCUT2D eigenvalue weighted by Gasteiger charge is 2.43. The van der Waals surface area contributed by atoms with Crippen LogP contribution < -0.4 is 0 Å². The van der Waals surface area contributed by atoms with Crippen molar-refractivity contribution >= 4 is 8.80 Å². The maximum Gasteiger partial charge on any atom is 0.500 e. The van der Waals surface area contributed by atoms with Gasteiger partial charge in [0.05, 0.1) is 0 Å². The Morgan fingerprint density at radius 2 is 1.45 bits per heavy atom. The molecule has 1 aliphatic carbocycles. The predicted octanol–water partition coefficient (Wildman–Crippen LogP) is 4.56. The summed E-state index contributed by atoms with van der Waals surface area (Å²) in [5.74, 6) is 0. The van der Waals surface area contributed by atoms with Gasteiger partial charge >= 0.3 is 8.80 Å². The standard InChI is InChI=1S/C16H32O3Si/c1-5-16(12-10-9-11-13-16)14-15-20(17-6-2,18-7-3)19-8-4/h5H,1,6-15H2,2-4H3. The fourth-order valence-corrected chi connectivity index (χ4v) is 6.02. The number of hydrogen-bond donors (Lipinski definition) is 0. The third-order valence-electron chi connectivity index (χ3n) is 4.30. The zero-order chi connectivity index (χ0) is 14.9. The van der Waals surface area contributed by atoms with Gasteiger partial charge in [-0.25, -0.2) is 0 Å². The van der Waals surface area contributed by atoms with Crippen LogP contribution >= 0.6 is 0 Å². The van der Waals surface area contributed by atoms with Crippen molar-refractivity contribution in [2.45, 2.75) is 65.3 Å². The minimum Gasteiger partial charge on any atom is -0.374 e. The number of hydrogen-bond acceptors (Lipinski definition) is 3. The Morgan fingerprint density at radius 3 is 1.85 bits per heavy atom. The van der Waals surface area contributed by atoms with Crippen molar-refractivity contribution in [2.75, 3.05) is 19.8 Å². The lowest BCUT2D eigenvalue weighted by molar-refractivity contribution is 0.0667. The molecule has 0 atom stereocenters. The SMILES string of the molecule is C=CC1(CC[Si](OCC)(OCC)OCC)CCCCC1. The van der Waals surface area contributed by atoms with Crippen LogP contribution in [0.1, 0.15) is 59.3 Å². The van der Waals surface area contributed by atoms with Gasteiger partial charge in [-0.2, -0.15) is 0 Å². The smallest absolute Gasteiger partial charge is 0.374 e. The number of rotatable bonds is 10. The quantitative estimate of drug-likeness (QED) is 0.437. The normalized spacial score (nSPS) is 18.9. The highest BCUT2D eigenvalue weighted by atomic mass is 28.4. The lowest BCUT2D eigenvalue weighted by atomic mass is 9.72. The van der Waals surface area contributed by atoms with E-state index in [0.29, 0.717) is 19.8 Å². The average molecular weight is 301 g/mol. The molecule has 4 heteroatoms. The van der Waals surface area contributed by atoms with Crippen LogP contribution in [0.4, 0.5) is 0 Å². The van der Waals surface area contributed by atoms with Gasteiger partial charge in [0.25, 0.3) is 0 Å². The first kappa shape index (κ1) is 17.9. The van der Waals surface area contributed by atoms with Crippen molar-refractivity contribution in [3.63, 3.8) is 0 Å². The Labute approximate surface area is 126 Å². The van der Waals surface area contributed by atoms with Crippen molar-refractivity contribution < 1.29 is 13.3 Å². The first-order valence-corrected chi connectivity index (χ1v) is 10.1. The highest BCUT2D eigenvalue weighted by molar-refractivity contribution is 6.60. The first-order valence-electron chi connectivity index (χ1n) is 8.21. The molecular formula is C16H32O3Si. The van der Waals surface area contributed by atoms with E-state index in [1.54, 1.807) is 0 Å². The van der Waals surface area contributed by atoms with Gasteiger partial charge in [0.15, 0.2) is 0 Å². The van der Waals surface area contributed by atoms with E-state index in [2.05, 4.69) is 12.7 Å². The topological polar surface area (TPSA) is 27.7 Å². The summed E-state index contributed by atoms with van der Waals surface area (Å²) < 4.78 is 17.9. The largest absolute Gasteiger partial charge is 0.500 e. The molecule has 0 amide bonds. The van der Waals surface area contributed by atoms with Gasteiger partial charge < -0.3 is 13.3 Å². The second kappa shape index (κ2) is 8.98. The van der Waals surface area contributed by atoms with Crippen LogP contribution in [0.5, 0.6) is 0 Å². The molecular weight excluding hydrogens is 268 g/mol. The monoisotopic (exact) mass is 300 g/mol. The third-order valence-corrected chi connectivity index (χ3v) is 7.35. The van der Waals surface area contributed by atoms with E-state index in [9.17, 15) is 0 Å². The molecule has 0 aromatic rings. The molecule has 0 N–H and O–H groups in total. The summed E-state index contributed by atoms with van der Waals surface area (Å²) in [4.78, 5) is 0. The van der Waals surface area contributed by atoms with Crippen molar-refractivity contribution in [2.24, 2.45) is 5.41 Å². The van der Waals surface area contributed by atoms with Gasteiger partial charge in [-0.3, -0.25) is 0 Å². The minimum absolute atomic E-state index is 0.280. The van der Waals surface area contributed by atoms with Crippen molar-refractivity contribution in [3.8, 4) is 0 Å². The van der Waals surface area contributed by atoms with E-state index in [1.807, 2.05) is 20.8 Å². The van der Waals surface area contributed by atoms with E-state index < -0.39 is 8.80 Å². The van der Waals surface area contributed by atoms with E-state index in [1.165, 1.54) is 32.1 Å². The van der Waals surface area contributed by atoms with Crippen LogP contribution in [0.25, 0.3) is 0 Å². The molecule has 0 bridgehead atoms. The zero-order valence-electron chi connectivity index (χ0n) is 13.6. The Morgan fingerprint density at radius 1 is 0.950 bits per heavy atom. The molecule has 1 fully saturated rings. The maximum absolute atomic E-state index is 5.95. The van der Waals surface area contributed by atoms with Gasteiger partial charge in [0.1, 0.15) is 0 Å². The zero-order valence-corrected chi connectivity index (χ0v) is 14.6. The molecule has 0 saturated heterocycles. The predicted molar refractivity (Wildman–Crippen MR) is 85.8 cm³/mol. The fraction of sp³-hybridized carbons (Fsp3) is 0.875. The van der Waals surface area contributed by atoms with E-state index in [4.69, 9.17) is 13.3 Å². The molecule has 3 nitrogen and oxygen atoms in total. The molecule has 0 unspecified atom stereocenters. The Bertz CT molecular complexity index is 258. The summed E-state index contributed by atoms with van der Waals surface area (Å²) in [7, 11) is -2.49. The van der Waals surface area contributed by atoms with Crippen LogP contribution in [0.2, 0.25) is 6.04 Å². The third kappa shape index (κ3) is 4.99. The second-order valence-electron chi connectivity index (χ2n) is 5.61. The molecule has 0 aliphatic heterocycles. The molecule has 1 rings (SSSR count). The minimum atomic E-state index is -2.49. The highest BCUT2D eigenvalue weighted by Crippen LogP contribution is 2.42. The van der Waals surface area contributed by atoms with Gasteiger partial charge in [0, 0.05) is 25.9 Å². The van der Waals surface area contributed by atoms with E-state index in [0.717, 1.165) is 12.5 Å².